The van der Waals surface area contributed by atoms with Gasteiger partial charge in [0.25, 0.3) is 0 Å². The molecule has 57 heavy (non-hydrogen) atoms. The van der Waals surface area contributed by atoms with E-state index in [2.05, 4.69) is 74.8 Å². The number of alkyl carbamates (subject to hydrolysis) is 1. The molecule has 3 amide bonds. The Labute approximate surface area is 333 Å². The van der Waals surface area contributed by atoms with Crippen molar-refractivity contribution in [3.05, 3.63) is 84.1 Å². The zero-order valence-corrected chi connectivity index (χ0v) is 33.8. The molecule has 4 heterocycles. The van der Waals surface area contributed by atoms with E-state index in [9.17, 15) is 14.4 Å². The van der Waals surface area contributed by atoms with E-state index < -0.39 is 12.1 Å². The van der Waals surface area contributed by atoms with Gasteiger partial charge in [-0.15, -0.1) is 0 Å². The fraction of sp³-hybridized carbons (Fsp3) is 0.444. The third kappa shape index (κ3) is 7.09. The summed E-state index contributed by atoms with van der Waals surface area (Å²) in [6.45, 7) is 10.3. The molecule has 8 rings (SSSR count). The lowest BCUT2D eigenvalue weighted by molar-refractivity contribution is -0.144. The van der Waals surface area contributed by atoms with Crippen molar-refractivity contribution in [2.45, 2.75) is 90.6 Å². The molecule has 2 aliphatic heterocycles. The first kappa shape index (κ1) is 38.4. The second kappa shape index (κ2) is 15.5. The lowest BCUT2D eigenvalue weighted by Gasteiger charge is -2.37. The van der Waals surface area contributed by atoms with Crippen molar-refractivity contribution >= 4 is 39.7 Å². The highest BCUT2D eigenvalue weighted by atomic mass is 16.5. The number of imidazole rings is 2. The minimum absolute atomic E-state index is 0.0414. The molecule has 298 valence electrons. The van der Waals surface area contributed by atoms with Crippen LogP contribution in [0.5, 0.6) is 0 Å². The van der Waals surface area contributed by atoms with Gasteiger partial charge in [-0.2, -0.15) is 0 Å². The molecule has 3 N–H and O–H groups in total. The lowest BCUT2D eigenvalue weighted by Crippen LogP contribution is -2.51. The Morgan fingerprint density at radius 2 is 1.63 bits per heavy atom. The molecular formula is C45H53N7O5. The first-order chi connectivity index (χ1) is 27.5. The SMILES string of the molecule is CC[C@H](C)[C@H](NC(=O)OC)C(=O)N1CC(C)=C[C@H]1c1nc2ccc(-c3ccc4cc(-c5cnc([C@@H]6[C@@H]7CC[C@@H](C7)N6C(=O)[C@@H](C)[C@@H](C)OC)[nH]5)ccc4c3)cc2[nH]1. The van der Waals surface area contributed by atoms with Gasteiger partial charge < -0.3 is 34.6 Å². The quantitative estimate of drug-likeness (QED) is 0.115. The topological polar surface area (TPSA) is 146 Å². The maximum atomic E-state index is 13.9. The molecule has 1 saturated carbocycles. The van der Waals surface area contributed by atoms with Gasteiger partial charge in [0.15, 0.2) is 0 Å². The Morgan fingerprint density at radius 3 is 2.37 bits per heavy atom. The van der Waals surface area contributed by atoms with Crippen LogP contribution >= 0.6 is 0 Å². The number of hydrogen-bond donors (Lipinski definition) is 3. The summed E-state index contributed by atoms with van der Waals surface area (Å²) in [6, 6.07) is 18.2. The van der Waals surface area contributed by atoms with Crippen molar-refractivity contribution in [3.8, 4) is 22.4 Å². The van der Waals surface area contributed by atoms with Crippen LogP contribution < -0.4 is 5.32 Å². The second-order valence-corrected chi connectivity index (χ2v) is 16.4. The Bertz CT molecular complexity index is 2360. The number of aromatic amines is 2. The molecule has 5 aromatic rings. The average Bonchev–Trinajstić information content (AvgIpc) is 4.09. The van der Waals surface area contributed by atoms with Crippen molar-refractivity contribution in [1.29, 1.82) is 0 Å². The third-order valence-corrected chi connectivity index (χ3v) is 12.9. The molecule has 3 aliphatic rings. The number of nitrogens with one attached hydrogen (secondary N) is 3. The number of piperidine rings is 1. The van der Waals surface area contributed by atoms with Gasteiger partial charge in [0.2, 0.25) is 11.8 Å². The first-order valence-corrected chi connectivity index (χ1v) is 20.2. The Hall–Kier alpha value is -5.49. The molecule has 2 bridgehead atoms. The van der Waals surface area contributed by atoms with Gasteiger partial charge in [0.1, 0.15) is 23.7 Å². The van der Waals surface area contributed by atoms with E-state index in [1.165, 1.54) is 7.11 Å². The Morgan fingerprint density at radius 1 is 0.912 bits per heavy atom. The molecule has 0 radical (unpaired) electrons. The number of hydrogen-bond acceptors (Lipinski definition) is 7. The highest BCUT2D eigenvalue weighted by Gasteiger charge is 2.51. The van der Waals surface area contributed by atoms with Gasteiger partial charge in [-0.1, -0.05) is 69.2 Å². The zero-order chi connectivity index (χ0) is 40.1. The van der Waals surface area contributed by atoms with Crippen molar-refractivity contribution in [1.82, 2.24) is 35.1 Å². The minimum Gasteiger partial charge on any atom is -0.453 e. The molecule has 2 fully saturated rings. The normalized spacial score (nSPS) is 22.5. The summed E-state index contributed by atoms with van der Waals surface area (Å²) in [4.78, 5) is 60.5. The molecule has 12 nitrogen and oxygen atoms in total. The van der Waals surface area contributed by atoms with Crippen LogP contribution in [0, 0.1) is 17.8 Å². The number of rotatable bonds is 11. The number of nitrogens with zero attached hydrogens (tertiary/aromatic N) is 4. The van der Waals surface area contributed by atoms with Crippen molar-refractivity contribution in [3.63, 3.8) is 0 Å². The Balaban J connectivity index is 1.01. The first-order valence-electron chi connectivity index (χ1n) is 20.2. The highest BCUT2D eigenvalue weighted by molar-refractivity contribution is 5.92. The number of carbonyl (C=O) groups excluding carboxylic acids is 3. The number of carbonyl (C=O) groups is 3. The van der Waals surface area contributed by atoms with Crippen LogP contribution in [0.4, 0.5) is 4.79 Å². The fourth-order valence-corrected chi connectivity index (χ4v) is 9.14. The summed E-state index contributed by atoms with van der Waals surface area (Å²) in [7, 11) is 2.96. The molecule has 1 saturated heterocycles. The van der Waals surface area contributed by atoms with E-state index in [4.69, 9.17) is 19.4 Å². The van der Waals surface area contributed by atoms with Crippen LogP contribution in [0.3, 0.4) is 0 Å². The molecule has 8 atom stereocenters. The molecular weight excluding hydrogens is 719 g/mol. The Kier molecular flexibility index (Phi) is 10.4. The summed E-state index contributed by atoms with van der Waals surface area (Å²) < 4.78 is 10.4. The maximum Gasteiger partial charge on any atom is 0.407 e. The molecule has 1 aliphatic carbocycles. The van der Waals surface area contributed by atoms with E-state index in [-0.39, 0.29) is 47.9 Å². The van der Waals surface area contributed by atoms with Crippen LogP contribution in [0.25, 0.3) is 44.2 Å². The molecule has 12 heteroatoms. The number of aromatic nitrogens is 4. The maximum absolute atomic E-state index is 13.9. The number of benzene rings is 3. The summed E-state index contributed by atoms with van der Waals surface area (Å²) >= 11 is 0. The number of ether oxygens (including phenoxy) is 2. The van der Waals surface area contributed by atoms with E-state index in [1.807, 2.05) is 46.9 Å². The molecule has 0 unspecified atom stereocenters. The van der Waals surface area contributed by atoms with E-state index in [1.54, 1.807) is 12.0 Å². The predicted octanol–water partition coefficient (Wildman–Crippen LogP) is 8.10. The number of fused-ring (bicyclic) bond motifs is 4. The van der Waals surface area contributed by atoms with Gasteiger partial charge in [0, 0.05) is 25.3 Å². The summed E-state index contributed by atoms with van der Waals surface area (Å²) in [5.41, 5.74) is 6.86. The monoisotopic (exact) mass is 771 g/mol. The van der Waals surface area contributed by atoms with Gasteiger partial charge in [0.05, 0.1) is 48.1 Å². The van der Waals surface area contributed by atoms with Crippen LogP contribution in [-0.4, -0.2) is 86.6 Å². The smallest absolute Gasteiger partial charge is 0.407 e. The average molecular weight is 772 g/mol. The summed E-state index contributed by atoms with van der Waals surface area (Å²) in [6.07, 6.45) is 7.10. The fourth-order valence-electron chi connectivity index (χ4n) is 9.14. The predicted molar refractivity (Wildman–Crippen MR) is 220 cm³/mol. The van der Waals surface area contributed by atoms with Crippen LogP contribution in [0.2, 0.25) is 0 Å². The number of methoxy groups -OCH3 is 2. The molecule has 2 aromatic heterocycles. The van der Waals surface area contributed by atoms with E-state index in [0.717, 1.165) is 81.3 Å². The largest absolute Gasteiger partial charge is 0.453 e. The summed E-state index contributed by atoms with van der Waals surface area (Å²) in [5, 5.41) is 4.99. The van der Waals surface area contributed by atoms with Gasteiger partial charge in [-0.05, 0) is 91.1 Å². The van der Waals surface area contributed by atoms with Gasteiger partial charge in [-0.25, -0.2) is 14.8 Å². The van der Waals surface area contributed by atoms with E-state index in [0.29, 0.717) is 18.3 Å². The summed E-state index contributed by atoms with van der Waals surface area (Å²) in [5.74, 6) is 1.64. The van der Waals surface area contributed by atoms with Crippen molar-refractivity contribution < 1.29 is 23.9 Å². The molecule has 3 aromatic carbocycles. The van der Waals surface area contributed by atoms with Gasteiger partial charge in [-0.3, -0.25) is 9.59 Å². The highest BCUT2D eigenvalue weighted by Crippen LogP contribution is 2.50. The molecule has 0 spiro atoms. The van der Waals surface area contributed by atoms with E-state index >= 15 is 0 Å². The second-order valence-electron chi connectivity index (χ2n) is 16.4. The van der Waals surface area contributed by atoms with Crippen LogP contribution in [0.1, 0.15) is 84.0 Å². The van der Waals surface area contributed by atoms with Crippen molar-refractivity contribution in [2.75, 3.05) is 20.8 Å². The standard InChI is InChI=1S/C45H53N7O5/c1-8-25(3)39(50-45(55)57-7)44(54)51-23-24(2)17-38(51)41-47-35-16-14-31(21-36(35)48-41)29-9-10-30-19-32(12-11-28(30)18-29)37-22-46-42(49-37)40-33-13-15-34(20-33)52(40)43(53)26(4)27(5)56-6/h9-12,14,16-19,21-22,25-27,33-34,38-40H,8,13,15,20,23H2,1-7H3,(H,46,49)(H,47,48)(H,50,55)/t25-,26-,27+,33+,34-,38-,39-,40-/m0/s1. The van der Waals surface area contributed by atoms with Gasteiger partial charge >= 0.3 is 6.09 Å². The zero-order valence-electron chi connectivity index (χ0n) is 33.8. The number of likely N-dealkylation sites (tertiary alicyclic amines) is 1. The minimum atomic E-state index is -0.712. The van der Waals surface area contributed by atoms with Crippen LogP contribution in [-0.2, 0) is 19.1 Å². The third-order valence-electron chi connectivity index (χ3n) is 12.9. The number of amides is 3. The van der Waals surface area contributed by atoms with Crippen LogP contribution in [0.15, 0.2) is 72.4 Å². The van der Waals surface area contributed by atoms with Crippen molar-refractivity contribution in [2.24, 2.45) is 17.8 Å². The number of H-pyrrole nitrogens is 2. The lowest BCUT2D eigenvalue weighted by atomic mass is 9.95.